The van der Waals surface area contributed by atoms with E-state index >= 15 is 0 Å². The van der Waals surface area contributed by atoms with Crippen molar-refractivity contribution < 1.29 is 9.37 Å². The first-order chi connectivity index (χ1) is 10.7. The smallest absolute Gasteiger partial charge is 0.122 e. The van der Waals surface area contributed by atoms with Gasteiger partial charge < -0.3 is 9.64 Å². The number of rotatable bonds is 4. The fourth-order valence-corrected chi connectivity index (χ4v) is 2.84. The second-order valence-electron chi connectivity index (χ2n) is 5.76. The number of aryl methyl sites for hydroxylation is 1. The molecule has 118 valence electrons. The van der Waals surface area contributed by atoms with Crippen LogP contribution in [0.5, 0.6) is 5.75 Å². The zero-order valence-electron chi connectivity index (χ0n) is 13.3. The Morgan fingerprint density at radius 3 is 2.59 bits per heavy atom. The van der Waals surface area contributed by atoms with Crippen LogP contribution in [0.3, 0.4) is 0 Å². The molecule has 22 heavy (non-hydrogen) atoms. The van der Waals surface area contributed by atoms with Gasteiger partial charge in [-0.25, -0.2) is 4.63 Å². The van der Waals surface area contributed by atoms with Crippen molar-refractivity contribution >= 4 is 5.69 Å². The molecule has 2 heterocycles. The van der Waals surface area contributed by atoms with Crippen molar-refractivity contribution in [3.05, 3.63) is 35.7 Å². The Morgan fingerprint density at radius 1 is 1.23 bits per heavy atom. The normalized spacial score (nSPS) is 19.4. The van der Waals surface area contributed by atoms with Crippen LogP contribution in [-0.2, 0) is 6.54 Å². The highest BCUT2D eigenvalue weighted by Gasteiger charge is 2.25. The zero-order valence-corrected chi connectivity index (χ0v) is 13.3. The molecule has 0 amide bonds. The zero-order chi connectivity index (χ0) is 15.5. The first kappa shape index (κ1) is 14.8. The van der Waals surface area contributed by atoms with E-state index in [2.05, 4.69) is 39.2 Å². The molecule has 1 aliphatic rings. The minimum absolute atomic E-state index is 0.451. The van der Waals surface area contributed by atoms with Crippen molar-refractivity contribution in [1.29, 1.82) is 0 Å². The number of hydrogen-bond acceptors (Lipinski definition) is 6. The molecule has 0 unspecified atom stereocenters. The van der Waals surface area contributed by atoms with Gasteiger partial charge in [0.2, 0.25) is 0 Å². The largest absolute Gasteiger partial charge is 0.497 e. The Labute approximate surface area is 130 Å². The third-order valence-electron chi connectivity index (χ3n) is 4.30. The van der Waals surface area contributed by atoms with Crippen LogP contribution in [0.4, 0.5) is 5.69 Å². The minimum atomic E-state index is 0.451. The van der Waals surface area contributed by atoms with E-state index in [0.717, 1.165) is 43.3 Å². The van der Waals surface area contributed by atoms with Crippen LogP contribution in [0.15, 0.2) is 28.9 Å². The molecular weight excluding hydrogens is 280 g/mol. The lowest BCUT2D eigenvalue weighted by atomic mass is 10.1. The van der Waals surface area contributed by atoms with E-state index < -0.39 is 0 Å². The summed E-state index contributed by atoms with van der Waals surface area (Å²) in [6.07, 6.45) is 0. The van der Waals surface area contributed by atoms with Crippen molar-refractivity contribution in [1.82, 2.24) is 15.2 Å². The molecule has 0 spiro atoms. The molecule has 6 heteroatoms. The standard InChI is InChI=1S/C16H22N4O2/c1-12-10-20(14-4-6-15(21-3)7-5-14)9-8-19(12)11-16-13(2)17-22-18-16/h4-7,12H,8-11H2,1-3H3/t12-/m0/s1. The van der Waals surface area contributed by atoms with E-state index in [9.17, 15) is 0 Å². The molecule has 0 aliphatic carbocycles. The second kappa shape index (κ2) is 6.36. The first-order valence-corrected chi connectivity index (χ1v) is 7.58. The van der Waals surface area contributed by atoms with Crippen molar-refractivity contribution in [2.24, 2.45) is 0 Å². The molecule has 1 saturated heterocycles. The van der Waals surface area contributed by atoms with Gasteiger partial charge in [-0.15, -0.1) is 0 Å². The summed E-state index contributed by atoms with van der Waals surface area (Å²) in [6.45, 7) is 7.98. The average Bonchev–Trinajstić information content (AvgIpc) is 2.94. The minimum Gasteiger partial charge on any atom is -0.497 e. The summed E-state index contributed by atoms with van der Waals surface area (Å²) in [5.74, 6) is 0.893. The van der Waals surface area contributed by atoms with E-state index in [1.54, 1.807) is 7.11 Å². The summed E-state index contributed by atoms with van der Waals surface area (Å²) in [4.78, 5) is 4.83. The molecule has 6 nitrogen and oxygen atoms in total. The van der Waals surface area contributed by atoms with E-state index in [4.69, 9.17) is 9.37 Å². The van der Waals surface area contributed by atoms with Gasteiger partial charge in [0, 0.05) is 37.9 Å². The van der Waals surface area contributed by atoms with Gasteiger partial charge in [0.25, 0.3) is 0 Å². The summed E-state index contributed by atoms with van der Waals surface area (Å²) >= 11 is 0. The Balaban J connectivity index is 1.62. The Hall–Kier alpha value is -2.08. The number of methoxy groups -OCH3 is 1. The first-order valence-electron chi connectivity index (χ1n) is 7.58. The summed E-state index contributed by atoms with van der Waals surface area (Å²) in [6, 6.07) is 8.71. The Kier molecular flexibility index (Phi) is 4.29. The van der Waals surface area contributed by atoms with Crippen LogP contribution in [0.1, 0.15) is 18.3 Å². The highest BCUT2D eigenvalue weighted by atomic mass is 16.6. The van der Waals surface area contributed by atoms with Crippen molar-refractivity contribution in [2.45, 2.75) is 26.4 Å². The van der Waals surface area contributed by atoms with Crippen molar-refractivity contribution in [3.8, 4) is 5.75 Å². The molecule has 1 atom stereocenters. The lowest BCUT2D eigenvalue weighted by molar-refractivity contribution is 0.175. The number of anilines is 1. The van der Waals surface area contributed by atoms with Gasteiger partial charge in [0.05, 0.1) is 7.11 Å². The summed E-state index contributed by atoms with van der Waals surface area (Å²) in [5, 5.41) is 7.84. The highest BCUT2D eigenvalue weighted by molar-refractivity contribution is 5.49. The molecule has 2 aromatic rings. The summed E-state index contributed by atoms with van der Waals surface area (Å²) < 4.78 is 10.0. The van der Waals surface area contributed by atoms with Crippen LogP contribution in [0.25, 0.3) is 0 Å². The van der Waals surface area contributed by atoms with Gasteiger partial charge in [-0.2, -0.15) is 0 Å². The number of aromatic nitrogens is 2. The fourth-order valence-electron chi connectivity index (χ4n) is 2.84. The molecule has 3 rings (SSSR count). The lowest BCUT2D eigenvalue weighted by Crippen LogP contribution is -2.51. The molecule has 0 bridgehead atoms. The predicted octanol–water partition coefficient (Wildman–Crippen LogP) is 2.10. The maximum absolute atomic E-state index is 5.22. The number of benzene rings is 1. The van der Waals surface area contributed by atoms with Crippen LogP contribution in [0, 0.1) is 6.92 Å². The van der Waals surface area contributed by atoms with E-state index in [-0.39, 0.29) is 0 Å². The topological polar surface area (TPSA) is 54.6 Å². The van der Waals surface area contributed by atoms with E-state index in [1.165, 1.54) is 5.69 Å². The number of nitrogens with zero attached hydrogens (tertiary/aromatic N) is 4. The molecule has 1 aromatic heterocycles. The van der Waals surface area contributed by atoms with E-state index in [0.29, 0.717) is 6.04 Å². The highest BCUT2D eigenvalue weighted by Crippen LogP contribution is 2.23. The van der Waals surface area contributed by atoms with Crippen LogP contribution in [-0.4, -0.2) is 48.0 Å². The molecule has 0 N–H and O–H groups in total. The average molecular weight is 302 g/mol. The number of ether oxygens (including phenoxy) is 1. The maximum Gasteiger partial charge on any atom is 0.122 e. The molecule has 0 radical (unpaired) electrons. The molecule has 1 fully saturated rings. The second-order valence-corrected chi connectivity index (χ2v) is 5.76. The van der Waals surface area contributed by atoms with Gasteiger partial charge in [0.15, 0.2) is 0 Å². The van der Waals surface area contributed by atoms with Crippen LogP contribution >= 0.6 is 0 Å². The molecule has 1 aliphatic heterocycles. The number of hydrogen-bond donors (Lipinski definition) is 0. The van der Waals surface area contributed by atoms with Gasteiger partial charge in [0.1, 0.15) is 17.1 Å². The summed E-state index contributed by atoms with van der Waals surface area (Å²) in [7, 11) is 1.69. The fraction of sp³-hybridized carbons (Fsp3) is 0.500. The monoisotopic (exact) mass is 302 g/mol. The SMILES string of the molecule is COc1ccc(N2CCN(Cc3nonc3C)[C@@H](C)C2)cc1. The Bertz CT molecular complexity index is 611. The third kappa shape index (κ3) is 3.06. The van der Waals surface area contributed by atoms with Gasteiger partial charge in [-0.1, -0.05) is 10.3 Å². The third-order valence-corrected chi connectivity index (χ3v) is 4.30. The van der Waals surface area contributed by atoms with Gasteiger partial charge >= 0.3 is 0 Å². The number of piperazine rings is 1. The van der Waals surface area contributed by atoms with Crippen molar-refractivity contribution in [3.63, 3.8) is 0 Å². The van der Waals surface area contributed by atoms with E-state index in [1.807, 2.05) is 19.1 Å². The van der Waals surface area contributed by atoms with Gasteiger partial charge in [-0.3, -0.25) is 4.90 Å². The Morgan fingerprint density at radius 2 is 2.00 bits per heavy atom. The molecule has 0 saturated carbocycles. The van der Waals surface area contributed by atoms with Crippen LogP contribution < -0.4 is 9.64 Å². The quantitative estimate of drug-likeness (QED) is 0.862. The predicted molar refractivity (Wildman–Crippen MR) is 84.1 cm³/mol. The molecular formula is C16H22N4O2. The maximum atomic E-state index is 5.22. The summed E-state index contributed by atoms with van der Waals surface area (Å²) in [5.41, 5.74) is 3.06. The van der Waals surface area contributed by atoms with Crippen LogP contribution in [0.2, 0.25) is 0 Å². The lowest BCUT2D eigenvalue weighted by Gasteiger charge is -2.40. The molecule has 1 aromatic carbocycles. The van der Waals surface area contributed by atoms with Crippen molar-refractivity contribution in [2.75, 3.05) is 31.6 Å². The van der Waals surface area contributed by atoms with Gasteiger partial charge in [-0.05, 0) is 38.1 Å².